The van der Waals surface area contributed by atoms with Crippen molar-refractivity contribution >= 4 is 29.1 Å². The van der Waals surface area contributed by atoms with Crippen LogP contribution in [0.25, 0.3) is 0 Å². The molecule has 32 heavy (non-hydrogen) atoms. The topological polar surface area (TPSA) is 64.1 Å². The normalized spacial score (nSPS) is 21.9. The van der Waals surface area contributed by atoms with E-state index in [4.69, 9.17) is 0 Å². The number of para-hydroxylation sites is 3. The number of fused-ring (bicyclic) bond motifs is 2. The molecular weight excluding hydrogens is 402 g/mol. The zero-order valence-electron chi connectivity index (χ0n) is 17.6. The van der Waals surface area contributed by atoms with Gasteiger partial charge in [-0.05, 0) is 49.2 Å². The number of rotatable bonds is 4. The summed E-state index contributed by atoms with van der Waals surface area (Å²) in [6.45, 7) is 0.372. The van der Waals surface area contributed by atoms with Gasteiger partial charge in [-0.1, -0.05) is 54.6 Å². The summed E-state index contributed by atoms with van der Waals surface area (Å²) < 4.78 is 0. The van der Waals surface area contributed by atoms with Crippen molar-refractivity contribution in [3.8, 4) is 0 Å². The number of anilines is 3. The summed E-state index contributed by atoms with van der Waals surface area (Å²) >= 11 is 0. The van der Waals surface area contributed by atoms with Crippen molar-refractivity contribution in [2.75, 3.05) is 16.3 Å². The Hall–Kier alpha value is -3.80. The number of carbonyl (C=O) groups excluding carboxylic acids is 1. The van der Waals surface area contributed by atoms with E-state index < -0.39 is 12.0 Å². The average Bonchev–Trinajstić information content (AvgIpc) is 3.13. The van der Waals surface area contributed by atoms with Gasteiger partial charge in [-0.25, -0.2) is 9.59 Å². The van der Waals surface area contributed by atoms with Gasteiger partial charge in [-0.3, -0.25) is 4.90 Å². The maximum atomic E-state index is 13.9. The molecule has 162 valence electrons. The van der Waals surface area contributed by atoms with E-state index in [1.807, 2.05) is 91.0 Å². The molecule has 0 unspecified atom stereocenters. The predicted molar refractivity (Wildman–Crippen MR) is 124 cm³/mol. The molecule has 2 bridgehead atoms. The van der Waals surface area contributed by atoms with Gasteiger partial charge >= 0.3 is 12.0 Å². The monoisotopic (exact) mass is 427 g/mol. The van der Waals surface area contributed by atoms with Gasteiger partial charge in [-0.15, -0.1) is 0 Å². The van der Waals surface area contributed by atoms with Gasteiger partial charge in [0.1, 0.15) is 0 Å². The summed E-state index contributed by atoms with van der Waals surface area (Å²) in [5.74, 6) is -0.967. The number of hydrogen-bond acceptors (Lipinski definition) is 3. The molecule has 2 aliphatic rings. The van der Waals surface area contributed by atoms with Crippen molar-refractivity contribution in [2.45, 2.75) is 31.0 Å². The molecule has 0 spiro atoms. The van der Waals surface area contributed by atoms with Crippen molar-refractivity contribution in [1.29, 1.82) is 0 Å². The van der Waals surface area contributed by atoms with Gasteiger partial charge < -0.3 is 14.9 Å². The maximum absolute atomic E-state index is 13.9. The van der Waals surface area contributed by atoms with Crippen molar-refractivity contribution < 1.29 is 14.7 Å². The van der Waals surface area contributed by atoms with Gasteiger partial charge in [0.2, 0.25) is 0 Å². The number of carboxylic acid groups (broad SMARTS) is 1. The third-order valence-corrected chi connectivity index (χ3v) is 6.43. The minimum Gasteiger partial charge on any atom is -0.480 e. The van der Waals surface area contributed by atoms with E-state index in [1.54, 1.807) is 9.80 Å². The van der Waals surface area contributed by atoms with Crippen LogP contribution < -0.4 is 9.80 Å². The Morgan fingerprint density at radius 3 is 1.84 bits per heavy atom. The average molecular weight is 428 g/mol. The number of carboxylic acids is 1. The van der Waals surface area contributed by atoms with E-state index in [0.29, 0.717) is 17.9 Å². The predicted octanol–water partition coefficient (Wildman–Crippen LogP) is 4.75. The number of nitrogens with zero attached hydrogens (tertiary/aromatic N) is 3. The number of likely N-dealkylation sites (tertiary alicyclic amines) is 1. The van der Waals surface area contributed by atoms with Crippen molar-refractivity contribution in [2.24, 2.45) is 0 Å². The van der Waals surface area contributed by atoms with Gasteiger partial charge in [0, 0.05) is 18.3 Å². The minimum atomic E-state index is -0.967. The first-order chi connectivity index (χ1) is 15.6. The molecule has 3 aromatic rings. The van der Waals surface area contributed by atoms with E-state index in [-0.39, 0.29) is 18.1 Å². The molecule has 6 nitrogen and oxygen atoms in total. The fraction of sp³-hybridized carbons (Fsp3) is 0.231. The molecule has 6 heteroatoms. The number of urea groups is 1. The van der Waals surface area contributed by atoms with Crippen LogP contribution in [0, 0.1) is 0 Å². The summed E-state index contributed by atoms with van der Waals surface area (Å²) in [6, 6.07) is 27.3. The van der Waals surface area contributed by atoms with E-state index >= 15 is 0 Å². The number of benzene rings is 3. The molecule has 2 fully saturated rings. The number of aliphatic carboxylic acids is 1. The first-order valence-corrected chi connectivity index (χ1v) is 10.9. The maximum Gasteiger partial charge on any atom is 0.329 e. The highest BCUT2D eigenvalue weighted by Gasteiger charge is 2.51. The molecule has 0 aromatic heterocycles. The zero-order valence-corrected chi connectivity index (χ0v) is 17.6. The van der Waals surface area contributed by atoms with Crippen LogP contribution in [0.1, 0.15) is 12.8 Å². The first kappa shape index (κ1) is 20.1. The fourth-order valence-electron chi connectivity index (χ4n) is 5.10. The van der Waals surface area contributed by atoms with Crippen LogP contribution >= 0.6 is 0 Å². The molecule has 0 radical (unpaired) electrons. The van der Waals surface area contributed by atoms with E-state index in [1.165, 1.54) is 0 Å². The van der Waals surface area contributed by atoms with Crippen LogP contribution in [-0.2, 0) is 4.79 Å². The first-order valence-electron chi connectivity index (χ1n) is 10.9. The third-order valence-electron chi connectivity index (χ3n) is 6.43. The summed E-state index contributed by atoms with van der Waals surface area (Å²) in [4.78, 5) is 31.8. The Bertz CT molecular complexity index is 1050. The third kappa shape index (κ3) is 3.47. The second kappa shape index (κ2) is 8.38. The highest BCUT2D eigenvalue weighted by molar-refractivity contribution is 6.01. The SMILES string of the molecule is O=C(O)[C@@H]1[C@H]2CC[C@@H](CN1C(=O)N(c1ccccc1)c1ccccc1)N2c1ccccc1. The Morgan fingerprint density at radius 1 is 0.781 bits per heavy atom. The minimum absolute atomic E-state index is 0.0929. The van der Waals surface area contributed by atoms with Gasteiger partial charge in [0.15, 0.2) is 6.04 Å². The van der Waals surface area contributed by atoms with Crippen LogP contribution in [0.3, 0.4) is 0 Å². The lowest BCUT2D eigenvalue weighted by molar-refractivity contribution is -0.143. The molecule has 1 N–H and O–H groups in total. The van der Waals surface area contributed by atoms with E-state index in [0.717, 1.165) is 18.5 Å². The Balaban J connectivity index is 1.53. The zero-order chi connectivity index (χ0) is 22.1. The molecule has 0 saturated carbocycles. The molecule has 3 atom stereocenters. The molecule has 2 aliphatic heterocycles. The van der Waals surface area contributed by atoms with Crippen LogP contribution in [-0.4, -0.2) is 46.7 Å². The second-order valence-corrected chi connectivity index (χ2v) is 8.27. The number of carbonyl (C=O) groups is 2. The van der Waals surface area contributed by atoms with Crippen LogP contribution in [0.2, 0.25) is 0 Å². The van der Waals surface area contributed by atoms with Gasteiger partial charge in [-0.2, -0.15) is 0 Å². The molecular formula is C26H25N3O3. The van der Waals surface area contributed by atoms with E-state index in [9.17, 15) is 14.7 Å². The molecule has 0 aliphatic carbocycles. The molecule has 5 rings (SSSR count). The standard InChI is InChI=1S/C26H25N3O3/c30-25(31)24-23-17-16-22(28(23)19-10-4-1-5-11-19)18-27(24)26(32)29(20-12-6-2-7-13-20)21-14-8-3-9-15-21/h1-15,22-24H,16-18H2,(H,30,31)/t22-,23+,24-/m0/s1. The lowest BCUT2D eigenvalue weighted by Crippen LogP contribution is -2.65. The summed E-state index contributed by atoms with van der Waals surface area (Å²) in [5, 5.41) is 10.2. The molecule has 2 heterocycles. The highest BCUT2D eigenvalue weighted by Crippen LogP contribution is 2.39. The van der Waals surface area contributed by atoms with Crippen molar-refractivity contribution in [3.05, 3.63) is 91.0 Å². The van der Waals surface area contributed by atoms with Gasteiger partial charge in [0.05, 0.1) is 17.4 Å². The van der Waals surface area contributed by atoms with Crippen LogP contribution in [0.5, 0.6) is 0 Å². The number of piperazine rings is 1. The quantitative estimate of drug-likeness (QED) is 0.653. The Morgan fingerprint density at radius 2 is 1.31 bits per heavy atom. The molecule has 2 amide bonds. The summed E-state index contributed by atoms with van der Waals surface area (Å²) in [5.41, 5.74) is 2.44. The lowest BCUT2D eigenvalue weighted by Gasteiger charge is -2.47. The van der Waals surface area contributed by atoms with Crippen LogP contribution in [0.4, 0.5) is 21.9 Å². The van der Waals surface area contributed by atoms with Gasteiger partial charge in [0.25, 0.3) is 0 Å². The smallest absolute Gasteiger partial charge is 0.329 e. The number of hydrogen-bond donors (Lipinski definition) is 1. The molecule has 2 saturated heterocycles. The largest absolute Gasteiger partial charge is 0.480 e. The van der Waals surface area contributed by atoms with Crippen LogP contribution in [0.15, 0.2) is 91.0 Å². The fourth-order valence-corrected chi connectivity index (χ4v) is 5.10. The van der Waals surface area contributed by atoms with E-state index in [2.05, 4.69) is 4.90 Å². The number of amides is 2. The van der Waals surface area contributed by atoms with Crippen molar-refractivity contribution in [3.63, 3.8) is 0 Å². The lowest BCUT2D eigenvalue weighted by atomic mass is 10.0. The highest BCUT2D eigenvalue weighted by atomic mass is 16.4. The summed E-state index contributed by atoms with van der Waals surface area (Å²) in [6.07, 6.45) is 1.61. The summed E-state index contributed by atoms with van der Waals surface area (Å²) in [7, 11) is 0. The Kier molecular flexibility index (Phi) is 5.27. The van der Waals surface area contributed by atoms with Crippen molar-refractivity contribution in [1.82, 2.24) is 4.90 Å². The Labute approximate surface area is 187 Å². The second-order valence-electron chi connectivity index (χ2n) is 8.27. The molecule has 3 aromatic carbocycles.